The third-order valence-electron chi connectivity index (χ3n) is 4.19. The van der Waals surface area contributed by atoms with E-state index in [-0.39, 0.29) is 33.8 Å². The van der Waals surface area contributed by atoms with E-state index in [1.54, 1.807) is 39.0 Å². The quantitative estimate of drug-likeness (QED) is 0.398. The van der Waals surface area contributed by atoms with Crippen molar-refractivity contribution in [3.63, 3.8) is 0 Å². The molecule has 0 unspecified atom stereocenters. The van der Waals surface area contributed by atoms with Gasteiger partial charge in [-0.15, -0.1) is 0 Å². The van der Waals surface area contributed by atoms with E-state index in [4.69, 9.17) is 11.5 Å². The number of amidine groups is 1. The molecule has 1 heterocycles. The molecule has 0 saturated heterocycles. The number of hydrogen-bond donors (Lipinski definition) is 4. The van der Waals surface area contributed by atoms with Gasteiger partial charge in [-0.1, -0.05) is 12.1 Å². The van der Waals surface area contributed by atoms with E-state index < -0.39 is 15.6 Å². The van der Waals surface area contributed by atoms with Gasteiger partial charge in [0.05, 0.1) is 11.1 Å². The van der Waals surface area contributed by atoms with Crippen molar-refractivity contribution in [1.82, 2.24) is 14.7 Å². The van der Waals surface area contributed by atoms with Gasteiger partial charge in [-0.3, -0.25) is 0 Å². The molecule has 2 aromatic rings. The molecule has 1 aliphatic rings. The largest absolute Gasteiger partial charge is 0.503 e. The van der Waals surface area contributed by atoms with Crippen LogP contribution in [-0.4, -0.2) is 34.9 Å². The minimum absolute atomic E-state index is 0. The molecular weight excluding hydrogens is 404 g/mol. The van der Waals surface area contributed by atoms with Crippen LogP contribution >= 0.6 is 0 Å². The molecule has 1 fully saturated rings. The molecule has 10 heteroatoms. The lowest BCUT2D eigenvalue weighted by Gasteiger charge is -2.20. The van der Waals surface area contributed by atoms with Crippen LogP contribution in [0.4, 0.5) is 5.82 Å². The number of nitrogens with one attached hydrogen (secondary N) is 1. The summed E-state index contributed by atoms with van der Waals surface area (Å²) in [6.07, 6.45) is 4.81. The van der Waals surface area contributed by atoms with E-state index >= 15 is 0 Å². The van der Waals surface area contributed by atoms with E-state index in [0.717, 1.165) is 12.8 Å². The molecule has 0 spiro atoms. The lowest BCUT2D eigenvalue weighted by Crippen LogP contribution is -2.40. The number of rotatable bonds is 6. The number of nitrogens with zero attached hydrogens (tertiary/aromatic N) is 3. The van der Waals surface area contributed by atoms with Gasteiger partial charge in [-0.2, -0.15) is 0 Å². The zero-order chi connectivity index (χ0) is 22.1. The van der Waals surface area contributed by atoms with Crippen LogP contribution in [0.5, 0.6) is 5.75 Å². The van der Waals surface area contributed by atoms with Gasteiger partial charge in [0.15, 0.2) is 17.4 Å². The Balaban J connectivity index is 0. The summed E-state index contributed by atoms with van der Waals surface area (Å²) in [6.45, 7) is 5.28. The summed E-state index contributed by atoms with van der Waals surface area (Å²) in [5, 5.41) is 10.1. The SMILES string of the molecule is CC(C)(C)NS(=O)(=O)c1cccc(-c2ncc(O)c(N=C(N)C=C(N)C3CC3)n2)c1.[HH].[HH].[HH].[HH]. The molecule has 1 aromatic carbocycles. The first-order valence-electron chi connectivity index (χ1n) is 9.46. The molecule has 1 aromatic heterocycles. The fourth-order valence-electron chi connectivity index (χ4n) is 2.71. The van der Waals surface area contributed by atoms with Crippen molar-refractivity contribution in [2.24, 2.45) is 22.4 Å². The number of sulfonamides is 1. The van der Waals surface area contributed by atoms with Gasteiger partial charge < -0.3 is 16.6 Å². The fraction of sp³-hybridized carbons (Fsp3) is 0.350. The predicted octanol–water partition coefficient (Wildman–Crippen LogP) is 3.15. The Kier molecular flexibility index (Phi) is 5.82. The highest BCUT2D eigenvalue weighted by Crippen LogP contribution is 2.33. The molecular formula is C20H34N6O3S. The van der Waals surface area contributed by atoms with Crippen LogP contribution in [0.3, 0.4) is 0 Å². The summed E-state index contributed by atoms with van der Waals surface area (Å²) in [7, 11) is -3.73. The van der Waals surface area contributed by atoms with Crippen LogP contribution in [0.1, 0.15) is 39.3 Å². The highest BCUT2D eigenvalue weighted by molar-refractivity contribution is 7.89. The molecule has 6 N–H and O–H groups in total. The number of nitrogens with two attached hydrogens (primary N) is 2. The number of aromatic hydroxyl groups is 1. The molecule has 30 heavy (non-hydrogen) atoms. The maximum atomic E-state index is 12.6. The monoisotopic (exact) mass is 438 g/mol. The van der Waals surface area contributed by atoms with Crippen LogP contribution in [0.25, 0.3) is 11.4 Å². The average Bonchev–Trinajstić information content (AvgIpc) is 3.47. The third kappa shape index (κ3) is 5.55. The predicted molar refractivity (Wildman–Crippen MR) is 124 cm³/mol. The van der Waals surface area contributed by atoms with E-state index in [1.807, 2.05) is 0 Å². The smallest absolute Gasteiger partial charge is 0.241 e. The number of aliphatic imine (C=N–C) groups is 1. The Hall–Kier alpha value is -2.98. The Morgan fingerprint density at radius 2 is 2.03 bits per heavy atom. The van der Waals surface area contributed by atoms with Gasteiger partial charge in [0.25, 0.3) is 0 Å². The highest BCUT2D eigenvalue weighted by atomic mass is 32.2. The number of benzene rings is 1. The maximum Gasteiger partial charge on any atom is 0.241 e. The van der Waals surface area contributed by atoms with Crippen molar-refractivity contribution in [2.75, 3.05) is 0 Å². The minimum Gasteiger partial charge on any atom is -0.503 e. The van der Waals surface area contributed by atoms with Crippen LogP contribution in [0, 0.1) is 5.92 Å². The van der Waals surface area contributed by atoms with Crippen molar-refractivity contribution in [2.45, 2.75) is 44.0 Å². The highest BCUT2D eigenvalue weighted by Gasteiger charge is 2.24. The lowest BCUT2D eigenvalue weighted by molar-refractivity contribution is 0.471. The zero-order valence-corrected chi connectivity index (χ0v) is 17.9. The molecule has 0 radical (unpaired) electrons. The summed E-state index contributed by atoms with van der Waals surface area (Å²) in [5.41, 5.74) is 12.3. The van der Waals surface area contributed by atoms with Crippen LogP contribution < -0.4 is 16.2 Å². The van der Waals surface area contributed by atoms with Gasteiger partial charge >= 0.3 is 0 Å². The second-order valence-electron chi connectivity index (χ2n) is 8.24. The molecule has 0 bridgehead atoms. The van der Waals surface area contributed by atoms with Gasteiger partial charge in [-0.05, 0) is 57.7 Å². The third-order valence-corrected chi connectivity index (χ3v) is 5.95. The summed E-state index contributed by atoms with van der Waals surface area (Å²) < 4.78 is 27.8. The summed E-state index contributed by atoms with van der Waals surface area (Å²) >= 11 is 0. The number of aromatic nitrogens is 2. The second-order valence-corrected chi connectivity index (χ2v) is 9.92. The van der Waals surface area contributed by atoms with Crippen LogP contribution in [0.2, 0.25) is 0 Å². The molecule has 3 rings (SSSR count). The fourth-order valence-corrected chi connectivity index (χ4v) is 4.18. The van der Waals surface area contributed by atoms with Crippen LogP contribution in [-0.2, 0) is 10.0 Å². The summed E-state index contributed by atoms with van der Waals surface area (Å²) in [4.78, 5) is 12.5. The molecule has 168 valence electrons. The summed E-state index contributed by atoms with van der Waals surface area (Å²) in [5.74, 6) is 0.368. The van der Waals surface area contributed by atoms with Crippen LogP contribution in [0.15, 0.2) is 52.1 Å². The van der Waals surface area contributed by atoms with Gasteiger partial charge in [0.1, 0.15) is 5.84 Å². The van der Waals surface area contributed by atoms with Gasteiger partial charge in [0, 0.05) is 22.5 Å². The van der Waals surface area contributed by atoms with E-state index in [9.17, 15) is 13.5 Å². The van der Waals surface area contributed by atoms with Crippen molar-refractivity contribution in [1.29, 1.82) is 0 Å². The molecule has 9 nitrogen and oxygen atoms in total. The summed E-state index contributed by atoms with van der Waals surface area (Å²) in [6, 6.07) is 6.21. The lowest BCUT2D eigenvalue weighted by atomic mass is 10.1. The molecule has 0 amide bonds. The first-order valence-corrected chi connectivity index (χ1v) is 10.9. The van der Waals surface area contributed by atoms with Gasteiger partial charge in [0.2, 0.25) is 10.0 Å². The minimum atomic E-state index is -3.73. The Morgan fingerprint density at radius 3 is 2.67 bits per heavy atom. The van der Waals surface area contributed by atoms with Crippen molar-refractivity contribution >= 4 is 21.7 Å². The molecule has 0 atom stereocenters. The maximum absolute atomic E-state index is 12.6. The average molecular weight is 439 g/mol. The second kappa shape index (κ2) is 8.04. The zero-order valence-electron chi connectivity index (χ0n) is 17.1. The van der Waals surface area contributed by atoms with E-state index in [1.165, 1.54) is 18.3 Å². The van der Waals surface area contributed by atoms with E-state index in [2.05, 4.69) is 19.7 Å². The normalized spacial score (nSPS) is 16.0. The molecule has 0 aliphatic heterocycles. The Bertz CT molecular complexity index is 1130. The first kappa shape index (κ1) is 21.7. The van der Waals surface area contributed by atoms with E-state index in [0.29, 0.717) is 17.2 Å². The number of allylic oxidation sites excluding steroid dienone is 1. The van der Waals surface area contributed by atoms with Crippen molar-refractivity contribution < 1.29 is 19.2 Å². The Labute approximate surface area is 182 Å². The Morgan fingerprint density at radius 1 is 1.33 bits per heavy atom. The molecule has 1 aliphatic carbocycles. The molecule has 1 saturated carbocycles. The van der Waals surface area contributed by atoms with Gasteiger partial charge in [-0.25, -0.2) is 28.1 Å². The first-order chi connectivity index (χ1) is 13.9. The number of hydrogen-bond acceptors (Lipinski definition) is 7. The topological polar surface area (TPSA) is 157 Å². The standard InChI is InChI=1S/C20H26N6O3S.4H2/c1-20(2,3)26-30(28,29)14-6-4-5-13(9-14)18-23-11-16(27)19(25-18)24-17(22)10-15(21)12-7-8-12;;;;/h4-6,9-12,26-27H,7-8,21H2,1-3H3,(H2,22,23,24,25);4*1H. The van der Waals surface area contributed by atoms with Crippen molar-refractivity contribution in [3.05, 3.63) is 42.2 Å². The van der Waals surface area contributed by atoms with Crippen molar-refractivity contribution in [3.8, 4) is 17.1 Å².